The van der Waals surface area contributed by atoms with Gasteiger partial charge in [-0.15, -0.1) is 0 Å². The monoisotopic (exact) mass is 389 g/mol. The molecule has 3 rings (SSSR count). The first-order valence-corrected chi connectivity index (χ1v) is 9.05. The van der Waals surface area contributed by atoms with E-state index in [0.29, 0.717) is 29.9 Å². The normalized spacial score (nSPS) is 17.0. The second-order valence-electron chi connectivity index (χ2n) is 6.71. The first-order chi connectivity index (χ1) is 12.8. The van der Waals surface area contributed by atoms with Crippen molar-refractivity contribution in [2.75, 3.05) is 26.7 Å². The summed E-state index contributed by atoms with van der Waals surface area (Å²) in [7, 11) is 1.53. The van der Waals surface area contributed by atoms with Crippen molar-refractivity contribution in [2.45, 2.75) is 12.8 Å². The molecule has 0 bridgehead atoms. The number of piperidine rings is 1. The zero-order chi connectivity index (χ0) is 19.6. The molecule has 1 saturated heterocycles. The molecule has 0 spiro atoms. The van der Waals surface area contributed by atoms with Gasteiger partial charge in [0.15, 0.2) is 0 Å². The Morgan fingerprint density at radius 1 is 1.30 bits per heavy atom. The molecule has 1 N–H and O–H groups in total. The third kappa shape index (κ3) is 4.36. The van der Waals surface area contributed by atoms with Gasteiger partial charge in [0.1, 0.15) is 5.69 Å². The van der Waals surface area contributed by atoms with Gasteiger partial charge < -0.3 is 14.9 Å². The van der Waals surface area contributed by atoms with Crippen LogP contribution in [0, 0.1) is 5.92 Å². The SMILES string of the molecule is CN(CC(=O)N1CCCC(C(=O)O)C1)C(=O)c1ccc2ccc(Cl)cc2n1. The summed E-state index contributed by atoms with van der Waals surface area (Å²) >= 11 is 5.97. The second-order valence-corrected chi connectivity index (χ2v) is 7.15. The van der Waals surface area contributed by atoms with Crippen LogP contribution < -0.4 is 0 Å². The summed E-state index contributed by atoms with van der Waals surface area (Å²) in [6.07, 6.45) is 1.21. The van der Waals surface area contributed by atoms with E-state index in [4.69, 9.17) is 16.7 Å². The maximum atomic E-state index is 12.6. The van der Waals surface area contributed by atoms with Crippen LogP contribution in [-0.4, -0.2) is 64.4 Å². The number of carboxylic acids is 1. The van der Waals surface area contributed by atoms with E-state index >= 15 is 0 Å². The van der Waals surface area contributed by atoms with Crippen LogP contribution in [0.15, 0.2) is 30.3 Å². The van der Waals surface area contributed by atoms with E-state index in [1.165, 1.54) is 16.8 Å². The Labute approximate surface area is 161 Å². The van der Waals surface area contributed by atoms with Crippen LogP contribution >= 0.6 is 11.6 Å². The van der Waals surface area contributed by atoms with E-state index in [2.05, 4.69) is 4.98 Å². The maximum absolute atomic E-state index is 12.6. The van der Waals surface area contributed by atoms with Gasteiger partial charge >= 0.3 is 5.97 Å². The molecule has 1 aliphatic rings. The number of likely N-dealkylation sites (N-methyl/N-ethyl adjacent to an activating group) is 1. The molecular weight excluding hydrogens is 370 g/mol. The van der Waals surface area contributed by atoms with Crippen LogP contribution in [0.3, 0.4) is 0 Å². The van der Waals surface area contributed by atoms with Gasteiger partial charge in [0.05, 0.1) is 18.0 Å². The quantitative estimate of drug-likeness (QED) is 0.866. The summed E-state index contributed by atoms with van der Waals surface area (Å²) in [6, 6.07) is 8.64. The Kier molecular flexibility index (Phi) is 5.60. The van der Waals surface area contributed by atoms with Crippen LogP contribution in [0.5, 0.6) is 0 Å². The molecular formula is C19H20ClN3O4. The van der Waals surface area contributed by atoms with Crippen molar-refractivity contribution in [1.29, 1.82) is 0 Å². The molecule has 1 atom stereocenters. The fourth-order valence-corrected chi connectivity index (χ4v) is 3.35. The molecule has 0 saturated carbocycles. The fraction of sp³-hybridized carbons (Fsp3) is 0.368. The smallest absolute Gasteiger partial charge is 0.308 e. The fourth-order valence-electron chi connectivity index (χ4n) is 3.18. The van der Waals surface area contributed by atoms with Gasteiger partial charge in [-0.2, -0.15) is 0 Å². The zero-order valence-corrected chi connectivity index (χ0v) is 15.6. The lowest BCUT2D eigenvalue weighted by Crippen LogP contribution is -2.47. The number of aliphatic carboxylic acids is 1. The number of aromatic nitrogens is 1. The molecule has 2 aromatic rings. The molecule has 2 amide bonds. The summed E-state index contributed by atoms with van der Waals surface area (Å²) in [5.41, 5.74) is 0.829. The number of hydrogen-bond donors (Lipinski definition) is 1. The largest absolute Gasteiger partial charge is 0.481 e. The van der Waals surface area contributed by atoms with Crippen molar-refractivity contribution < 1.29 is 19.5 Å². The highest BCUT2D eigenvalue weighted by Crippen LogP contribution is 2.19. The van der Waals surface area contributed by atoms with Crippen LogP contribution in [-0.2, 0) is 9.59 Å². The minimum Gasteiger partial charge on any atom is -0.481 e. The van der Waals surface area contributed by atoms with Crippen molar-refractivity contribution in [3.05, 3.63) is 41.0 Å². The van der Waals surface area contributed by atoms with Crippen molar-refractivity contribution in [3.8, 4) is 0 Å². The molecule has 0 radical (unpaired) electrons. The van der Waals surface area contributed by atoms with Crippen LogP contribution in [0.2, 0.25) is 5.02 Å². The Morgan fingerprint density at radius 3 is 2.78 bits per heavy atom. The average molecular weight is 390 g/mol. The molecule has 1 aliphatic heterocycles. The summed E-state index contributed by atoms with van der Waals surface area (Å²) in [5, 5.41) is 10.5. The van der Waals surface area contributed by atoms with Gasteiger partial charge in [0.2, 0.25) is 5.91 Å². The molecule has 27 heavy (non-hydrogen) atoms. The van der Waals surface area contributed by atoms with E-state index in [9.17, 15) is 14.4 Å². The van der Waals surface area contributed by atoms with Gasteiger partial charge in [-0.25, -0.2) is 4.98 Å². The number of carbonyl (C=O) groups excluding carboxylic acids is 2. The van der Waals surface area contributed by atoms with Gasteiger partial charge in [-0.1, -0.05) is 23.7 Å². The summed E-state index contributed by atoms with van der Waals surface area (Å²) in [6.45, 7) is 0.570. The molecule has 1 unspecified atom stereocenters. The highest BCUT2D eigenvalue weighted by molar-refractivity contribution is 6.31. The molecule has 0 aliphatic carbocycles. The molecule has 8 heteroatoms. The predicted molar refractivity (Wildman–Crippen MR) is 101 cm³/mol. The molecule has 2 heterocycles. The van der Waals surface area contributed by atoms with Gasteiger partial charge in [0.25, 0.3) is 5.91 Å². The number of carbonyl (C=O) groups is 3. The van der Waals surface area contributed by atoms with Gasteiger partial charge in [0, 0.05) is 30.5 Å². The molecule has 1 aromatic carbocycles. The van der Waals surface area contributed by atoms with E-state index in [1.807, 2.05) is 6.07 Å². The Hall–Kier alpha value is -2.67. The third-order valence-electron chi connectivity index (χ3n) is 4.72. The third-order valence-corrected chi connectivity index (χ3v) is 4.95. The van der Waals surface area contributed by atoms with Crippen molar-refractivity contribution in [3.63, 3.8) is 0 Å². The minimum absolute atomic E-state index is 0.125. The number of nitrogens with zero attached hydrogens (tertiary/aromatic N) is 3. The van der Waals surface area contributed by atoms with Crippen LogP contribution in [0.1, 0.15) is 23.3 Å². The first kappa shape index (κ1) is 19.1. The standard InChI is InChI=1S/C19H20ClN3O4/c1-22(11-17(24)23-8-2-3-13(10-23)19(26)27)18(25)15-7-5-12-4-6-14(20)9-16(12)21-15/h4-7,9,13H,2-3,8,10-11H2,1H3,(H,26,27). The van der Waals surface area contributed by atoms with E-state index in [-0.39, 0.29) is 30.6 Å². The number of likely N-dealkylation sites (tertiary alicyclic amines) is 1. The number of halogens is 1. The highest BCUT2D eigenvalue weighted by Gasteiger charge is 2.29. The highest BCUT2D eigenvalue weighted by atomic mass is 35.5. The lowest BCUT2D eigenvalue weighted by atomic mass is 9.98. The van der Waals surface area contributed by atoms with E-state index in [0.717, 1.165) is 5.39 Å². The maximum Gasteiger partial charge on any atom is 0.308 e. The zero-order valence-electron chi connectivity index (χ0n) is 14.9. The summed E-state index contributed by atoms with van der Waals surface area (Å²) in [5.74, 6) is -2.08. The number of amides is 2. The lowest BCUT2D eigenvalue weighted by molar-refractivity contribution is -0.145. The van der Waals surface area contributed by atoms with Crippen molar-refractivity contribution in [2.24, 2.45) is 5.92 Å². The lowest BCUT2D eigenvalue weighted by Gasteiger charge is -2.32. The Bertz CT molecular complexity index is 902. The van der Waals surface area contributed by atoms with Gasteiger partial charge in [-0.3, -0.25) is 14.4 Å². The number of fused-ring (bicyclic) bond motifs is 1. The average Bonchev–Trinajstić information content (AvgIpc) is 2.66. The van der Waals surface area contributed by atoms with Crippen LogP contribution in [0.4, 0.5) is 0 Å². The summed E-state index contributed by atoms with van der Waals surface area (Å²) in [4.78, 5) is 43.4. The number of rotatable bonds is 4. The molecule has 7 nitrogen and oxygen atoms in total. The topological polar surface area (TPSA) is 90.8 Å². The number of hydrogen-bond acceptors (Lipinski definition) is 4. The van der Waals surface area contributed by atoms with E-state index < -0.39 is 11.9 Å². The predicted octanol–water partition coefficient (Wildman–Crippen LogP) is 2.28. The summed E-state index contributed by atoms with van der Waals surface area (Å²) < 4.78 is 0. The number of pyridine rings is 1. The molecule has 142 valence electrons. The van der Waals surface area contributed by atoms with Crippen molar-refractivity contribution >= 4 is 40.3 Å². The minimum atomic E-state index is -0.893. The number of benzene rings is 1. The van der Waals surface area contributed by atoms with Crippen LogP contribution in [0.25, 0.3) is 10.9 Å². The van der Waals surface area contributed by atoms with Crippen molar-refractivity contribution in [1.82, 2.24) is 14.8 Å². The Morgan fingerprint density at radius 2 is 2.04 bits per heavy atom. The van der Waals surface area contributed by atoms with Gasteiger partial charge in [-0.05, 0) is 31.0 Å². The Balaban J connectivity index is 1.68. The molecule has 1 fully saturated rings. The number of carboxylic acid groups (broad SMARTS) is 1. The molecule has 1 aromatic heterocycles. The van der Waals surface area contributed by atoms with E-state index in [1.54, 1.807) is 24.3 Å². The first-order valence-electron chi connectivity index (χ1n) is 8.67. The second kappa shape index (κ2) is 7.92.